The Morgan fingerprint density at radius 3 is 1.92 bits per heavy atom. The Bertz CT molecular complexity index is 787. The summed E-state index contributed by atoms with van der Waals surface area (Å²) in [5.41, 5.74) is 1.94. The number of allylic oxidation sites excluding steroid dienone is 1. The molecule has 0 unspecified atom stereocenters. The summed E-state index contributed by atoms with van der Waals surface area (Å²) in [6.07, 6.45) is -4.73. The maximum absolute atomic E-state index is 12.2. The first kappa shape index (κ1) is 19.4. The van der Waals surface area contributed by atoms with Crippen molar-refractivity contribution >= 4 is 11.5 Å². The molecule has 0 spiro atoms. The van der Waals surface area contributed by atoms with E-state index in [4.69, 9.17) is 4.74 Å². The number of alkyl halides is 3. The van der Waals surface area contributed by atoms with E-state index in [2.05, 4.69) is 4.74 Å². The van der Waals surface area contributed by atoms with Crippen LogP contribution < -0.4 is 4.74 Å². The van der Waals surface area contributed by atoms with E-state index in [-0.39, 0.29) is 23.7 Å². The number of carbonyl (C=O) groups excluding carboxylic acids is 1. The zero-order valence-electron chi connectivity index (χ0n) is 14.1. The van der Waals surface area contributed by atoms with Gasteiger partial charge in [0.05, 0.1) is 6.61 Å². The molecule has 0 bridgehead atoms. The summed E-state index contributed by atoms with van der Waals surface area (Å²) in [5.74, 6) is -1.10. The van der Waals surface area contributed by atoms with E-state index in [1.807, 2.05) is 0 Å². The molecule has 0 heterocycles. The van der Waals surface area contributed by atoms with Crippen molar-refractivity contribution in [3.8, 4) is 16.9 Å². The summed E-state index contributed by atoms with van der Waals surface area (Å²) in [7, 11) is 0. The molecule has 2 aromatic rings. The first-order valence-electron chi connectivity index (χ1n) is 7.75. The van der Waals surface area contributed by atoms with E-state index < -0.39 is 12.3 Å². The number of benzene rings is 2. The lowest BCUT2D eigenvalue weighted by Crippen LogP contribution is -2.16. The van der Waals surface area contributed by atoms with Gasteiger partial charge in [-0.3, -0.25) is 0 Å². The van der Waals surface area contributed by atoms with E-state index in [1.165, 1.54) is 31.2 Å². The number of aliphatic hydroxyl groups is 1. The Hall–Kier alpha value is -2.96. The van der Waals surface area contributed by atoms with Crippen molar-refractivity contribution in [3.63, 3.8) is 0 Å². The molecule has 1 N–H and O–H groups in total. The predicted molar refractivity (Wildman–Crippen MR) is 90.4 cm³/mol. The molecule has 0 aliphatic heterocycles. The van der Waals surface area contributed by atoms with Crippen molar-refractivity contribution in [2.24, 2.45) is 0 Å². The first-order valence-corrected chi connectivity index (χ1v) is 7.75. The molecule has 2 aromatic carbocycles. The van der Waals surface area contributed by atoms with Crippen LogP contribution in [0.5, 0.6) is 5.75 Å². The fourth-order valence-corrected chi connectivity index (χ4v) is 2.36. The number of rotatable bonds is 5. The Morgan fingerprint density at radius 1 is 1.00 bits per heavy atom. The van der Waals surface area contributed by atoms with E-state index in [0.29, 0.717) is 11.1 Å². The molecule has 4 nitrogen and oxygen atoms in total. The molecule has 0 aliphatic carbocycles. The van der Waals surface area contributed by atoms with Crippen LogP contribution in [-0.2, 0) is 9.53 Å². The number of ether oxygens (including phenoxy) is 2. The summed E-state index contributed by atoms with van der Waals surface area (Å²) in [5, 5.41) is 9.75. The van der Waals surface area contributed by atoms with Crippen LogP contribution in [0.1, 0.15) is 19.4 Å². The second kappa shape index (κ2) is 7.95. The highest BCUT2D eigenvalue weighted by Gasteiger charge is 2.30. The predicted octanol–water partition coefficient (Wildman–Crippen LogP) is 5.10. The van der Waals surface area contributed by atoms with Gasteiger partial charge in [-0.25, -0.2) is 4.79 Å². The monoisotopic (exact) mass is 366 g/mol. The molecular weight excluding hydrogens is 349 g/mol. The largest absolute Gasteiger partial charge is 0.573 e. The lowest BCUT2D eigenvalue weighted by molar-refractivity contribution is -0.274. The molecule has 0 aliphatic rings. The highest BCUT2D eigenvalue weighted by Crippen LogP contribution is 2.28. The zero-order valence-corrected chi connectivity index (χ0v) is 14.1. The van der Waals surface area contributed by atoms with Gasteiger partial charge in [-0.05, 0) is 42.7 Å². The van der Waals surface area contributed by atoms with Crippen molar-refractivity contribution in [2.45, 2.75) is 20.2 Å². The molecular formula is C19H17F3O4. The average molecular weight is 366 g/mol. The summed E-state index contributed by atoms with van der Waals surface area (Å²) in [6.45, 7) is 3.23. The molecule has 7 heteroatoms. The fourth-order valence-electron chi connectivity index (χ4n) is 2.36. The molecule has 0 atom stereocenters. The van der Waals surface area contributed by atoms with Crippen LogP contribution in [0.4, 0.5) is 13.2 Å². The van der Waals surface area contributed by atoms with Gasteiger partial charge in [0.2, 0.25) is 0 Å². The summed E-state index contributed by atoms with van der Waals surface area (Å²) in [4.78, 5) is 11.9. The second-order valence-corrected chi connectivity index (χ2v) is 5.33. The minimum Gasteiger partial charge on any atom is -0.512 e. The van der Waals surface area contributed by atoms with Gasteiger partial charge in [-0.1, -0.05) is 36.4 Å². The quantitative estimate of drug-likeness (QED) is 0.454. The second-order valence-electron chi connectivity index (χ2n) is 5.33. The molecule has 0 saturated carbocycles. The van der Waals surface area contributed by atoms with Crippen LogP contribution in [-0.4, -0.2) is 24.0 Å². The molecule has 0 fully saturated rings. The van der Waals surface area contributed by atoms with Crippen LogP contribution in [0.25, 0.3) is 16.7 Å². The highest BCUT2D eigenvalue weighted by atomic mass is 19.4. The van der Waals surface area contributed by atoms with Crippen LogP contribution >= 0.6 is 0 Å². The van der Waals surface area contributed by atoms with Gasteiger partial charge in [0.15, 0.2) is 0 Å². The van der Waals surface area contributed by atoms with Crippen molar-refractivity contribution < 1.29 is 32.5 Å². The smallest absolute Gasteiger partial charge is 0.512 e. The number of hydrogen-bond acceptors (Lipinski definition) is 4. The summed E-state index contributed by atoms with van der Waals surface area (Å²) in [6, 6.07) is 12.1. The SMILES string of the molecule is CCOC(=O)C(=C(C)O)c1ccc(-c2ccc(OC(F)(F)F)cc2)cc1. The standard InChI is InChI=1S/C19H17F3O4/c1-3-25-18(24)17(12(2)23)15-6-4-13(5-7-15)14-8-10-16(11-9-14)26-19(20,21)22/h4-11,23H,3H2,1-2H3. The summed E-state index contributed by atoms with van der Waals surface area (Å²) < 4.78 is 45.3. The first-order chi connectivity index (χ1) is 12.2. The van der Waals surface area contributed by atoms with E-state index in [9.17, 15) is 23.1 Å². The van der Waals surface area contributed by atoms with Gasteiger partial charge in [0.1, 0.15) is 17.1 Å². The van der Waals surface area contributed by atoms with Crippen molar-refractivity contribution in [1.29, 1.82) is 0 Å². The number of aliphatic hydroxyl groups excluding tert-OH is 1. The van der Waals surface area contributed by atoms with Gasteiger partial charge in [0, 0.05) is 0 Å². The third kappa shape index (κ3) is 5.02. The number of carbonyl (C=O) groups is 1. The van der Waals surface area contributed by atoms with Crippen molar-refractivity contribution in [1.82, 2.24) is 0 Å². The van der Waals surface area contributed by atoms with Crippen molar-refractivity contribution in [3.05, 3.63) is 59.9 Å². The molecule has 138 valence electrons. The maximum atomic E-state index is 12.2. The molecule has 0 radical (unpaired) electrons. The minimum absolute atomic E-state index is 0.0623. The molecule has 26 heavy (non-hydrogen) atoms. The van der Waals surface area contributed by atoms with Gasteiger partial charge >= 0.3 is 12.3 Å². The Labute approximate surface area is 148 Å². The van der Waals surface area contributed by atoms with E-state index >= 15 is 0 Å². The van der Waals surface area contributed by atoms with Gasteiger partial charge < -0.3 is 14.6 Å². The lowest BCUT2D eigenvalue weighted by atomic mass is 9.99. The van der Waals surface area contributed by atoms with Crippen LogP contribution in [0.3, 0.4) is 0 Å². The third-order valence-corrected chi connectivity index (χ3v) is 3.44. The van der Waals surface area contributed by atoms with Gasteiger partial charge in [-0.2, -0.15) is 0 Å². The van der Waals surface area contributed by atoms with Gasteiger partial charge in [0.25, 0.3) is 0 Å². The fraction of sp³-hybridized carbons (Fsp3) is 0.211. The van der Waals surface area contributed by atoms with E-state index in [0.717, 1.165) is 5.56 Å². The number of esters is 1. The normalized spacial score (nSPS) is 12.3. The lowest BCUT2D eigenvalue weighted by Gasteiger charge is -2.11. The molecule has 0 amide bonds. The molecule has 0 saturated heterocycles. The average Bonchev–Trinajstić information content (AvgIpc) is 2.55. The topological polar surface area (TPSA) is 55.8 Å². The van der Waals surface area contributed by atoms with E-state index in [1.54, 1.807) is 31.2 Å². The molecule has 0 aromatic heterocycles. The highest BCUT2D eigenvalue weighted by molar-refractivity contribution is 6.17. The Balaban J connectivity index is 2.24. The third-order valence-electron chi connectivity index (χ3n) is 3.44. The van der Waals surface area contributed by atoms with Crippen LogP contribution in [0.15, 0.2) is 54.3 Å². The maximum Gasteiger partial charge on any atom is 0.573 e. The summed E-state index contributed by atoms with van der Waals surface area (Å²) >= 11 is 0. The number of halogens is 3. The van der Waals surface area contributed by atoms with Crippen molar-refractivity contribution in [2.75, 3.05) is 6.61 Å². The van der Waals surface area contributed by atoms with Crippen LogP contribution in [0, 0.1) is 0 Å². The van der Waals surface area contributed by atoms with Gasteiger partial charge in [-0.15, -0.1) is 13.2 Å². The number of hydrogen-bond donors (Lipinski definition) is 1. The van der Waals surface area contributed by atoms with Crippen LogP contribution in [0.2, 0.25) is 0 Å². The zero-order chi connectivity index (χ0) is 19.3. The Kier molecular flexibility index (Phi) is 5.92. The molecule has 2 rings (SSSR count). The Morgan fingerprint density at radius 2 is 1.50 bits per heavy atom. The minimum atomic E-state index is -4.73.